The number of hydrogen-bond acceptors (Lipinski definition) is 6. The smallest absolute Gasteiger partial charge is 0.256 e. The molecular formula is C90H60B2N4O2. The number of anilines is 12. The van der Waals surface area contributed by atoms with E-state index in [9.17, 15) is 0 Å². The van der Waals surface area contributed by atoms with Crippen molar-refractivity contribution in [1.82, 2.24) is 0 Å². The Morgan fingerprint density at radius 2 is 0.582 bits per heavy atom. The van der Waals surface area contributed by atoms with Gasteiger partial charge in [0.25, 0.3) is 13.4 Å². The van der Waals surface area contributed by atoms with Crippen LogP contribution in [0.2, 0.25) is 0 Å². The van der Waals surface area contributed by atoms with Gasteiger partial charge >= 0.3 is 0 Å². The molecule has 0 fully saturated rings. The van der Waals surface area contributed by atoms with Gasteiger partial charge in [0.2, 0.25) is 0 Å². The van der Waals surface area contributed by atoms with E-state index in [1.54, 1.807) is 0 Å². The first kappa shape index (κ1) is 56.7. The van der Waals surface area contributed by atoms with Gasteiger partial charge in [-0.2, -0.15) is 0 Å². The summed E-state index contributed by atoms with van der Waals surface area (Å²) in [5.74, 6) is 3.05. The minimum Gasteiger partial charge on any atom is -0.458 e. The molecule has 8 heteroatoms. The van der Waals surface area contributed by atoms with Crippen LogP contribution in [-0.2, 0) is 0 Å². The molecule has 0 radical (unpaired) electrons. The maximum atomic E-state index is 7.88. The van der Waals surface area contributed by atoms with E-state index in [0.29, 0.717) is 0 Å². The van der Waals surface area contributed by atoms with E-state index in [2.05, 4.69) is 384 Å². The summed E-state index contributed by atoms with van der Waals surface area (Å²) >= 11 is 0. The van der Waals surface area contributed by atoms with Crippen LogP contribution in [0.3, 0.4) is 0 Å². The molecule has 0 N–H and O–H groups in total. The first-order valence-corrected chi connectivity index (χ1v) is 33.6. The molecule has 0 aromatic heterocycles. The predicted octanol–water partition coefficient (Wildman–Crippen LogP) is 20.1. The molecule has 15 aromatic rings. The van der Waals surface area contributed by atoms with Crippen LogP contribution in [0.1, 0.15) is 0 Å². The van der Waals surface area contributed by atoms with Crippen LogP contribution in [0, 0.1) is 0 Å². The van der Waals surface area contributed by atoms with Crippen LogP contribution < -0.4 is 61.9 Å². The topological polar surface area (TPSA) is 31.4 Å². The fraction of sp³-hybridized carbons (Fsp3) is 0. The fourth-order valence-electron chi connectivity index (χ4n) is 15.8. The van der Waals surface area contributed by atoms with E-state index >= 15 is 0 Å². The number of rotatable bonds is 12. The lowest BCUT2D eigenvalue weighted by Crippen LogP contribution is -2.63. The van der Waals surface area contributed by atoms with Crippen LogP contribution in [0.5, 0.6) is 23.0 Å². The third-order valence-electron chi connectivity index (χ3n) is 19.9. The summed E-state index contributed by atoms with van der Waals surface area (Å²) in [6.45, 7) is -0.497. The van der Waals surface area contributed by atoms with Gasteiger partial charge in [-0.15, -0.1) is 0 Å². The summed E-state index contributed by atoms with van der Waals surface area (Å²) in [6, 6.07) is 132. The average Bonchev–Trinajstić information content (AvgIpc) is 0.697. The molecule has 4 heterocycles. The van der Waals surface area contributed by atoms with Crippen LogP contribution in [0.15, 0.2) is 364 Å². The minimum atomic E-state index is -0.283. The molecule has 4 aliphatic rings. The molecular weight excluding hydrogens is 1190 g/mol. The van der Waals surface area contributed by atoms with Gasteiger partial charge in [0.05, 0.1) is 22.7 Å². The number of hydrogen-bond donors (Lipinski definition) is 0. The second-order valence-electron chi connectivity index (χ2n) is 25.4. The summed E-state index contributed by atoms with van der Waals surface area (Å²) in [5, 5.41) is 0. The van der Waals surface area contributed by atoms with Crippen molar-refractivity contribution < 1.29 is 9.47 Å². The lowest BCUT2D eigenvalue weighted by molar-refractivity contribution is 0.466. The van der Waals surface area contributed by atoms with Crippen molar-refractivity contribution in [3.05, 3.63) is 364 Å². The number of fused-ring (bicyclic) bond motifs is 8. The molecule has 0 atom stereocenters. The third-order valence-corrected chi connectivity index (χ3v) is 19.9. The van der Waals surface area contributed by atoms with Crippen molar-refractivity contribution in [2.24, 2.45) is 0 Å². The highest BCUT2D eigenvalue weighted by molar-refractivity contribution is 7.02. The van der Waals surface area contributed by atoms with Crippen molar-refractivity contribution in [1.29, 1.82) is 0 Å². The van der Waals surface area contributed by atoms with Crippen molar-refractivity contribution in [3.8, 4) is 67.5 Å². The Kier molecular flexibility index (Phi) is 13.7. The first-order chi connectivity index (χ1) is 48.7. The quantitative estimate of drug-likeness (QED) is 0.113. The summed E-state index contributed by atoms with van der Waals surface area (Å²) in [4.78, 5) is 9.79. The third kappa shape index (κ3) is 9.36. The zero-order valence-corrected chi connectivity index (χ0v) is 53.4. The monoisotopic (exact) mass is 1250 g/mol. The normalized spacial score (nSPS) is 12.6. The maximum Gasteiger partial charge on any atom is 0.256 e. The summed E-state index contributed by atoms with van der Waals surface area (Å²) < 4.78 is 15.5. The van der Waals surface area contributed by atoms with Gasteiger partial charge in [0.15, 0.2) is 0 Å². The largest absolute Gasteiger partial charge is 0.458 e. The highest BCUT2D eigenvalue weighted by atomic mass is 16.5. The molecule has 0 saturated heterocycles. The van der Waals surface area contributed by atoms with Crippen molar-refractivity contribution in [2.75, 3.05) is 19.6 Å². The van der Waals surface area contributed by atoms with Crippen LogP contribution in [0.25, 0.3) is 44.5 Å². The molecule has 0 unspecified atom stereocenters. The molecule has 6 nitrogen and oxygen atoms in total. The first-order valence-electron chi connectivity index (χ1n) is 33.6. The Morgan fingerprint density at radius 3 is 1.03 bits per heavy atom. The molecule has 0 aliphatic carbocycles. The molecule has 0 amide bonds. The number of benzene rings is 15. The van der Waals surface area contributed by atoms with E-state index < -0.39 is 0 Å². The number of para-hydroxylation sites is 8. The molecule has 0 saturated carbocycles. The Balaban J connectivity index is 0.885. The Morgan fingerprint density at radius 1 is 0.235 bits per heavy atom. The Hall–Kier alpha value is -12.8. The van der Waals surface area contributed by atoms with Crippen LogP contribution in [0.4, 0.5) is 68.2 Å². The van der Waals surface area contributed by atoms with Crippen molar-refractivity contribution in [2.45, 2.75) is 0 Å². The summed E-state index contributed by atoms with van der Waals surface area (Å²) in [7, 11) is 0. The van der Waals surface area contributed by atoms with E-state index in [-0.39, 0.29) is 13.4 Å². The molecule has 0 bridgehead atoms. The van der Waals surface area contributed by atoms with Gasteiger partial charge in [0.1, 0.15) is 23.0 Å². The number of nitrogens with zero attached hydrogens (tertiary/aromatic N) is 4. The minimum absolute atomic E-state index is 0.214. The Labute approximate surface area is 571 Å². The molecule has 4 aliphatic heterocycles. The van der Waals surface area contributed by atoms with Crippen molar-refractivity contribution in [3.63, 3.8) is 0 Å². The summed E-state index contributed by atoms with van der Waals surface area (Å²) in [5.41, 5.74) is 28.0. The van der Waals surface area contributed by atoms with Crippen molar-refractivity contribution >= 4 is 114 Å². The fourth-order valence-corrected chi connectivity index (χ4v) is 15.8. The van der Waals surface area contributed by atoms with E-state index in [1.807, 2.05) is 0 Å². The SMILES string of the molecule is c1ccc(-c2cccc(-c3ccccc3)c2N(c2ccccc2)c2cc3c4c(c2)N(c2c(-c5ccccc5)cccc2-c2ccccc2)c2ccccc2B4c2cc4c(cc2O3)Oc2cc(N(c3ccccc3)c3ccccc3)cc3c2B4c2ccccc2N3c2ccccc2)cc1. The van der Waals surface area contributed by atoms with Gasteiger partial charge in [-0.1, -0.05) is 273 Å². The molecule has 15 aromatic carbocycles. The van der Waals surface area contributed by atoms with Gasteiger partial charge < -0.3 is 29.1 Å². The van der Waals surface area contributed by atoms with Gasteiger partial charge in [-0.25, -0.2) is 0 Å². The van der Waals surface area contributed by atoms with E-state index in [0.717, 1.165) is 158 Å². The van der Waals surface area contributed by atoms with Gasteiger partial charge in [-0.3, -0.25) is 0 Å². The van der Waals surface area contributed by atoms with Gasteiger partial charge in [0, 0.05) is 86.0 Å². The highest BCUT2D eigenvalue weighted by Crippen LogP contribution is 2.54. The lowest BCUT2D eigenvalue weighted by atomic mass is 9.31. The van der Waals surface area contributed by atoms with E-state index in [4.69, 9.17) is 9.47 Å². The maximum absolute atomic E-state index is 7.88. The lowest BCUT2D eigenvalue weighted by Gasteiger charge is -2.43. The standard InChI is InChI=1S/C90H60B2N4O2/c1-9-31-61(32-10-1)71-47-29-48-72(62-33-11-2-12-34-62)89(71)94(67-43-21-7-22-44-67)70-56-82-88-86(58-70)98-84-60-83-77(59-78(84)92(88)76-52-26-28-54-80(76)96(82)90-73(63-35-13-3-14-36-63)49-30-50-74(90)64-37-15-4-16-38-64)91-75-51-25-27-53-79(75)95(68-45-23-8-24-46-68)81-55-69(57-85(97-83)87(81)91)93(65-39-17-5-18-40-65)66-41-19-6-20-42-66/h1-60H. The average molecular weight is 1250 g/mol. The van der Waals surface area contributed by atoms with Crippen LogP contribution in [-0.4, -0.2) is 13.4 Å². The zero-order chi connectivity index (χ0) is 64.6. The van der Waals surface area contributed by atoms with E-state index in [1.165, 1.54) is 10.9 Å². The second kappa shape index (κ2) is 23.6. The molecule has 19 rings (SSSR count). The predicted molar refractivity (Wildman–Crippen MR) is 409 cm³/mol. The zero-order valence-electron chi connectivity index (χ0n) is 53.4. The summed E-state index contributed by atoms with van der Waals surface area (Å²) in [6.07, 6.45) is 0. The number of ether oxygens (including phenoxy) is 2. The molecule has 98 heavy (non-hydrogen) atoms. The highest BCUT2D eigenvalue weighted by Gasteiger charge is 2.48. The Bertz CT molecular complexity index is 5380. The second-order valence-corrected chi connectivity index (χ2v) is 25.4. The molecule has 458 valence electrons. The molecule has 0 spiro atoms. The van der Waals surface area contributed by atoms with Gasteiger partial charge in [-0.05, 0) is 128 Å². The van der Waals surface area contributed by atoms with Crippen LogP contribution >= 0.6 is 0 Å².